The highest BCUT2D eigenvalue weighted by Crippen LogP contribution is 2.32. The van der Waals surface area contributed by atoms with Crippen molar-refractivity contribution in [3.8, 4) is 22.1 Å². The van der Waals surface area contributed by atoms with Gasteiger partial charge in [0, 0.05) is 5.56 Å². The van der Waals surface area contributed by atoms with Crippen molar-refractivity contribution in [3.63, 3.8) is 0 Å². The van der Waals surface area contributed by atoms with Crippen molar-refractivity contribution in [1.82, 2.24) is 25.0 Å². The average Bonchev–Trinajstić information content (AvgIpc) is 3.41. The molecule has 3 aromatic heterocycles. The van der Waals surface area contributed by atoms with E-state index in [1.807, 2.05) is 17.5 Å². The minimum Gasteiger partial charge on any atom is -0.338 e. The van der Waals surface area contributed by atoms with Gasteiger partial charge in [-0.25, -0.2) is 4.68 Å². The summed E-state index contributed by atoms with van der Waals surface area (Å²) >= 11 is 2.72. The van der Waals surface area contributed by atoms with Gasteiger partial charge in [0.05, 0.1) is 16.2 Å². The SMILES string of the molecule is Nn1c(SCc2nc(-c3cccc(C(F)(F)F)c3)no2)nnc1-c1cccs1. The summed E-state index contributed by atoms with van der Waals surface area (Å²) in [4.78, 5) is 5.02. The third kappa shape index (κ3) is 3.73. The zero-order valence-corrected chi connectivity index (χ0v) is 15.6. The summed E-state index contributed by atoms with van der Waals surface area (Å²) in [6, 6.07) is 8.51. The number of hydrogen-bond acceptors (Lipinski definition) is 8. The summed E-state index contributed by atoms with van der Waals surface area (Å²) in [7, 11) is 0. The molecule has 4 aromatic rings. The van der Waals surface area contributed by atoms with E-state index < -0.39 is 11.7 Å². The van der Waals surface area contributed by atoms with Gasteiger partial charge in [-0.15, -0.1) is 21.5 Å². The lowest BCUT2D eigenvalue weighted by Gasteiger charge is -2.06. The Morgan fingerprint density at radius 3 is 2.79 bits per heavy atom. The molecule has 3 heterocycles. The molecule has 0 aliphatic heterocycles. The highest BCUT2D eigenvalue weighted by molar-refractivity contribution is 7.98. The molecule has 0 aliphatic carbocycles. The maximum Gasteiger partial charge on any atom is 0.416 e. The van der Waals surface area contributed by atoms with Crippen LogP contribution in [0.15, 0.2) is 51.5 Å². The minimum atomic E-state index is -4.44. The first kappa shape index (κ1) is 18.5. The lowest BCUT2D eigenvalue weighted by atomic mass is 10.1. The molecule has 12 heteroatoms. The van der Waals surface area contributed by atoms with Gasteiger partial charge in [-0.2, -0.15) is 18.2 Å². The standard InChI is InChI=1S/C16H11F3N6OS2/c17-16(18,19)10-4-1-3-9(7-10)13-21-12(26-24-13)8-28-15-23-22-14(25(15)20)11-5-2-6-27-11/h1-7H,8,20H2. The van der Waals surface area contributed by atoms with Crippen LogP contribution in [0.2, 0.25) is 0 Å². The van der Waals surface area contributed by atoms with Gasteiger partial charge in [-0.05, 0) is 23.6 Å². The van der Waals surface area contributed by atoms with E-state index in [0.717, 1.165) is 17.0 Å². The summed E-state index contributed by atoms with van der Waals surface area (Å²) < 4.78 is 45.0. The molecule has 0 saturated carbocycles. The topological polar surface area (TPSA) is 95.7 Å². The Hall–Kier alpha value is -2.86. The molecule has 4 rings (SSSR count). The zero-order chi connectivity index (χ0) is 19.7. The fraction of sp³-hybridized carbons (Fsp3) is 0.125. The summed E-state index contributed by atoms with van der Waals surface area (Å²) in [5.41, 5.74) is -0.556. The van der Waals surface area contributed by atoms with Crippen molar-refractivity contribution in [3.05, 3.63) is 53.2 Å². The molecule has 1 aromatic carbocycles. The second-order valence-electron chi connectivity index (χ2n) is 5.53. The van der Waals surface area contributed by atoms with Gasteiger partial charge >= 0.3 is 6.18 Å². The van der Waals surface area contributed by atoms with Crippen LogP contribution < -0.4 is 5.84 Å². The van der Waals surface area contributed by atoms with Crippen LogP contribution in [0.4, 0.5) is 13.2 Å². The summed E-state index contributed by atoms with van der Waals surface area (Å²) in [5.74, 6) is 7.11. The highest BCUT2D eigenvalue weighted by atomic mass is 32.2. The Bertz CT molecular complexity index is 1090. The second kappa shape index (κ2) is 7.28. The van der Waals surface area contributed by atoms with Crippen molar-refractivity contribution in [2.45, 2.75) is 17.1 Å². The molecule has 28 heavy (non-hydrogen) atoms. The smallest absolute Gasteiger partial charge is 0.338 e. The lowest BCUT2D eigenvalue weighted by Crippen LogP contribution is -2.11. The first-order valence-corrected chi connectivity index (χ1v) is 9.66. The van der Waals surface area contributed by atoms with Crippen LogP contribution in [0.3, 0.4) is 0 Å². The number of hydrogen-bond donors (Lipinski definition) is 1. The van der Waals surface area contributed by atoms with Crippen LogP contribution >= 0.6 is 23.1 Å². The van der Waals surface area contributed by atoms with Crippen LogP contribution in [0.5, 0.6) is 0 Å². The fourth-order valence-electron chi connectivity index (χ4n) is 2.34. The first-order valence-electron chi connectivity index (χ1n) is 7.79. The molecule has 0 amide bonds. The maximum absolute atomic E-state index is 12.8. The van der Waals surface area contributed by atoms with E-state index in [0.29, 0.717) is 11.0 Å². The predicted molar refractivity (Wildman–Crippen MR) is 97.8 cm³/mol. The van der Waals surface area contributed by atoms with Crippen molar-refractivity contribution in [2.75, 3.05) is 5.84 Å². The monoisotopic (exact) mass is 424 g/mol. The molecule has 0 unspecified atom stereocenters. The lowest BCUT2D eigenvalue weighted by molar-refractivity contribution is -0.137. The van der Waals surface area contributed by atoms with Crippen LogP contribution in [-0.4, -0.2) is 25.0 Å². The molecule has 0 saturated heterocycles. The minimum absolute atomic E-state index is 0.0789. The van der Waals surface area contributed by atoms with Crippen molar-refractivity contribution < 1.29 is 17.7 Å². The van der Waals surface area contributed by atoms with Gasteiger partial charge in [0.25, 0.3) is 0 Å². The molecule has 2 N–H and O–H groups in total. The van der Waals surface area contributed by atoms with Crippen molar-refractivity contribution in [1.29, 1.82) is 0 Å². The van der Waals surface area contributed by atoms with Gasteiger partial charge < -0.3 is 10.4 Å². The van der Waals surface area contributed by atoms with Gasteiger partial charge in [0.2, 0.25) is 16.9 Å². The number of thiophene rings is 1. The van der Waals surface area contributed by atoms with Gasteiger partial charge in [0.1, 0.15) is 0 Å². The summed E-state index contributed by atoms with van der Waals surface area (Å²) in [5, 5.41) is 14.2. The number of nitrogens with two attached hydrogens (primary N) is 1. The first-order chi connectivity index (χ1) is 13.4. The van der Waals surface area contributed by atoms with Crippen LogP contribution in [-0.2, 0) is 11.9 Å². The summed E-state index contributed by atoms with van der Waals surface area (Å²) in [6.45, 7) is 0. The van der Waals surface area contributed by atoms with E-state index in [1.54, 1.807) is 0 Å². The molecular weight excluding hydrogens is 413 g/mol. The molecule has 0 bridgehead atoms. The number of nitrogen functional groups attached to an aromatic ring is 1. The normalized spacial score (nSPS) is 11.8. The molecule has 144 valence electrons. The van der Waals surface area contributed by atoms with E-state index in [1.165, 1.54) is 39.9 Å². The molecule has 0 spiro atoms. The number of benzene rings is 1. The largest absolute Gasteiger partial charge is 0.416 e. The van der Waals surface area contributed by atoms with Crippen LogP contribution in [0, 0.1) is 0 Å². The van der Waals surface area contributed by atoms with E-state index in [2.05, 4.69) is 20.3 Å². The van der Waals surface area contributed by atoms with E-state index in [9.17, 15) is 13.2 Å². The van der Waals surface area contributed by atoms with Crippen molar-refractivity contribution >= 4 is 23.1 Å². The van der Waals surface area contributed by atoms with Gasteiger partial charge in [-0.3, -0.25) is 0 Å². The zero-order valence-electron chi connectivity index (χ0n) is 13.9. The molecule has 0 fully saturated rings. The quantitative estimate of drug-likeness (QED) is 0.381. The summed E-state index contributed by atoms with van der Waals surface area (Å²) in [6.07, 6.45) is -4.44. The van der Waals surface area contributed by atoms with Crippen LogP contribution in [0.25, 0.3) is 22.1 Å². The Labute approximate surface area is 164 Å². The Kier molecular flexibility index (Phi) is 4.81. The Morgan fingerprint density at radius 2 is 2.04 bits per heavy atom. The van der Waals surface area contributed by atoms with E-state index >= 15 is 0 Å². The number of aromatic nitrogens is 5. The maximum atomic E-state index is 12.8. The molecule has 7 nitrogen and oxygen atoms in total. The molecular formula is C16H11F3N6OS2. The second-order valence-corrected chi connectivity index (χ2v) is 7.42. The molecule has 0 radical (unpaired) electrons. The Morgan fingerprint density at radius 1 is 1.18 bits per heavy atom. The number of nitrogens with zero attached hydrogens (tertiary/aromatic N) is 5. The number of rotatable bonds is 5. The fourth-order valence-corrected chi connectivity index (χ4v) is 3.74. The van der Waals surface area contributed by atoms with Gasteiger partial charge in [0.15, 0.2) is 5.82 Å². The third-order valence-corrected chi connectivity index (χ3v) is 5.44. The average molecular weight is 424 g/mol. The predicted octanol–water partition coefficient (Wildman–Crippen LogP) is 4.08. The van der Waals surface area contributed by atoms with Crippen LogP contribution in [0.1, 0.15) is 11.5 Å². The van der Waals surface area contributed by atoms with Crippen molar-refractivity contribution in [2.24, 2.45) is 0 Å². The number of halogens is 3. The van der Waals surface area contributed by atoms with Gasteiger partial charge in [-0.1, -0.05) is 35.1 Å². The number of alkyl halides is 3. The molecule has 0 atom stereocenters. The highest BCUT2D eigenvalue weighted by Gasteiger charge is 2.30. The van der Waals surface area contributed by atoms with E-state index in [4.69, 9.17) is 10.4 Å². The Balaban J connectivity index is 1.48. The third-order valence-electron chi connectivity index (χ3n) is 3.65. The molecule has 0 aliphatic rings. The number of thioether (sulfide) groups is 1. The van der Waals surface area contributed by atoms with E-state index in [-0.39, 0.29) is 23.0 Å².